The van der Waals surface area contributed by atoms with Gasteiger partial charge in [0.05, 0.1) is 13.2 Å². The van der Waals surface area contributed by atoms with Crippen LogP contribution in [0.3, 0.4) is 0 Å². The SMILES string of the molecule is COc1cc(N2CCC3CCN(c4cc(C)nc(C5CC5)n4)C3C2)ncn1. The molecule has 0 bridgehead atoms. The van der Waals surface area contributed by atoms with Crippen molar-refractivity contribution in [2.45, 2.75) is 44.6 Å². The topological polar surface area (TPSA) is 67.3 Å². The molecule has 5 rings (SSSR count). The Balaban J connectivity index is 1.40. The Morgan fingerprint density at radius 2 is 1.85 bits per heavy atom. The first-order chi connectivity index (χ1) is 13.2. The van der Waals surface area contributed by atoms with E-state index in [4.69, 9.17) is 9.72 Å². The van der Waals surface area contributed by atoms with Crippen LogP contribution in [0.5, 0.6) is 5.88 Å². The third kappa shape index (κ3) is 3.19. The van der Waals surface area contributed by atoms with Gasteiger partial charge in [-0.05, 0) is 38.5 Å². The van der Waals surface area contributed by atoms with E-state index in [1.165, 1.54) is 25.7 Å². The third-order valence-corrected chi connectivity index (χ3v) is 6.12. The second kappa shape index (κ2) is 6.62. The maximum atomic E-state index is 5.27. The normalized spacial score (nSPS) is 24.8. The van der Waals surface area contributed by atoms with Gasteiger partial charge in [-0.25, -0.2) is 19.9 Å². The van der Waals surface area contributed by atoms with Crippen LogP contribution in [-0.2, 0) is 0 Å². The number of aromatic nitrogens is 4. The first-order valence-corrected chi connectivity index (χ1v) is 9.94. The summed E-state index contributed by atoms with van der Waals surface area (Å²) < 4.78 is 5.27. The lowest BCUT2D eigenvalue weighted by Crippen LogP contribution is -2.49. The minimum Gasteiger partial charge on any atom is -0.481 e. The summed E-state index contributed by atoms with van der Waals surface area (Å²) in [4.78, 5) is 23.1. The minimum atomic E-state index is 0.473. The molecule has 2 aliphatic heterocycles. The highest BCUT2D eigenvalue weighted by Gasteiger charge is 2.40. The van der Waals surface area contributed by atoms with E-state index in [1.54, 1.807) is 13.4 Å². The predicted octanol–water partition coefficient (Wildman–Crippen LogP) is 2.57. The van der Waals surface area contributed by atoms with E-state index in [2.05, 4.69) is 37.7 Å². The Kier molecular flexibility index (Phi) is 4.10. The quantitative estimate of drug-likeness (QED) is 0.824. The van der Waals surface area contributed by atoms with Gasteiger partial charge in [0.25, 0.3) is 0 Å². The van der Waals surface area contributed by atoms with Crippen molar-refractivity contribution < 1.29 is 4.74 Å². The van der Waals surface area contributed by atoms with Gasteiger partial charge in [0.2, 0.25) is 5.88 Å². The molecule has 1 saturated carbocycles. The molecule has 7 heteroatoms. The summed E-state index contributed by atoms with van der Waals surface area (Å²) in [5.41, 5.74) is 1.08. The zero-order valence-corrected chi connectivity index (χ0v) is 16.0. The maximum Gasteiger partial charge on any atom is 0.218 e. The number of fused-ring (bicyclic) bond motifs is 1. The largest absolute Gasteiger partial charge is 0.481 e. The Labute approximate surface area is 159 Å². The molecule has 2 unspecified atom stereocenters. The van der Waals surface area contributed by atoms with Gasteiger partial charge in [-0.3, -0.25) is 0 Å². The number of hydrogen-bond acceptors (Lipinski definition) is 7. The Morgan fingerprint density at radius 3 is 2.67 bits per heavy atom. The molecule has 0 spiro atoms. The molecule has 3 fully saturated rings. The van der Waals surface area contributed by atoms with E-state index < -0.39 is 0 Å². The van der Waals surface area contributed by atoms with Crippen LogP contribution in [0, 0.1) is 12.8 Å². The van der Waals surface area contributed by atoms with Crippen molar-refractivity contribution in [3.8, 4) is 5.88 Å². The molecule has 142 valence electrons. The van der Waals surface area contributed by atoms with E-state index in [1.807, 2.05) is 6.07 Å². The van der Waals surface area contributed by atoms with Crippen LogP contribution >= 0.6 is 0 Å². The van der Waals surface area contributed by atoms with Gasteiger partial charge in [-0.15, -0.1) is 0 Å². The standard InChI is InChI=1S/C20H26N6O/c1-13-9-18(24-20(23-13)15-3-4-15)26-8-6-14-5-7-25(11-16(14)26)17-10-19(27-2)22-12-21-17/h9-10,12,14-16H,3-8,11H2,1-2H3. The number of nitrogens with zero attached hydrogens (tertiary/aromatic N) is 6. The first kappa shape index (κ1) is 16.7. The van der Waals surface area contributed by atoms with Crippen molar-refractivity contribution in [2.75, 3.05) is 36.5 Å². The summed E-state index contributed by atoms with van der Waals surface area (Å²) in [7, 11) is 1.64. The fourth-order valence-electron chi connectivity index (χ4n) is 4.49. The summed E-state index contributed by atoms with van der Waals surface area (Å²) in [6.45, 7) is 5.17. The van der Waals surface area contributed by atoms with Crippen molar-refractivity contribution in [3.63, 3.8) is 0 Å². The van der Waals surface area contributed by atoms with Crippen molar-refractivity contribution in [1.29, 1.82) is 0 Å². The highest BCUT2D eigenvalue weighted by Crippen LogP contribution is 2.40. The Bertz CT molecular complexity index is 839. The average Bonchev–Trinajstić information content (AvgIpc) is 3.46. The number of methoxy groups -OCH3 is 1. The molecule has 4 heterocycles. The molecule has 0 aromatic carbocycles. The highest BCUT2D eigenvalue weighted by atomic mass is 16.5. The van der Waals surface area contributed by atoms with Crippen LogP contribution in [0.4, 0.5) is 11.6 Å². The van der Waals surface area contributed by atoms with E-state index >= 15 is 0 Å². The monoisotopic (exact) mass is 366 g/mol. The lowest BCUT2D eigenvalue weighted by Gasteiger charge is -2.39. The third-order valence-electron chi connectivity index (χ3n) is 6.12. The number of piperidine rings is 1. The molecular formula is C20H26N6O. The molecule has 2 aromatic rings. The molecular weight excluding hydrogens is 340 g/mol. The summed E-state index contributed by atoms with van der Waals surface area (Å²) in [5.74, 6) is 5.03. The molecule has 2 saturated heterocycles. The van der Waals surface area contributed by atoms with Crippen molar-refractivity contribution in [1.82, 2.24) is 19.9 Å². The molecule has 2 aromatic heterocycles. The van der Waals surface area contributed by atoms with E-state index in [0.717, 1.165) is 48.7 Å². The zero-order chi connectivity index (χ0) is 18.4. The van der Waals surface area contributed by atoms with E-state index in [9.17, 15) is 0 Å². The molecule has 2 atom stereocenters. The van der Waals surface area contributed by atoms with Crippen molar-refractivity contribution in [2.24, 2.45) is 5.92 Å². The van der Waals surface area contributed by atoms with Gasteiger partial charge >= 0.3 is 0 Å². The van der Waals surface area contributed by atoms with Gasteiger partial charge in [0, 0.05) is 43.4 Å². The van der Waals surface area contributed by atoms with Crippen LogP contribution in [0.15, 0.2) is 18.5 Å². The fourth-order valence-corrected chi connectivity index (χ4v) is 4.49. The van der Waals surface area contributed by atoms with Gasteiger partial charge in [0.15, 0.2) is 0 Å². The van der Waals surface area contributed by atoms with Crippen LogP contribution in [0.1, 0.15) is 43.1 Å². The summed E-state index contributed by atoms with van der Waals surface area (Å²) in [5, 5.41) is 0. The number of rotatable bonds is 4. The minimum absolute atomic E-state index is 0.473. The molecule has 0 amide bonds. The highest BCUT2D eigenvalue weighted by molar-refractivity contribution is 5.47. The molecule has 7 nitrogen and oxygen atoms in total. The first-order valence-electron chi connectivity index (χ1n) is 9.94. The van der Waals surface area contributed by atoms with Gasteiger partial charge in [-0.2, -0.15) is 0 Å². The molecule has 0 N–H and O–H groups in total. The predicted molar refractivity (Wildman–Crippen MR) is 103 cm³/mol. The van der Waals surface area contributed by atoms with Crippen LogP contribution in [0.25, 0.3) is 0 Å². The van der Waals surface area contributed by atoms with Crippen molar-refractivity contribution in [3.05, 3.63) is 30.0 Å². The van der Waals surface area contributed by atoms with Gasteiger partial charge in [0.1, 0.15) is 23.8 Å². The number of hydrogen-bond donors (Lipinski definition) is 0. The summed E-state index contributed by atoms with van der Waals surface area (Å²) in [6, 6.07) is 4.56. The number of anilines is 2. The molecule has 27 heavy (non-hydrogen) atoms. The second-order valence-corrected chi connectivity index (χ2v) is 7.96. The lowest BCUT2D eigenvalue weighted by molar-refractivity contribution is 0.383. The van der Waals surface area contributed by atoms with Gasteiger partial charge in [-0.1, -0.05) is 0 Å². The van der Waals surface area contributed by atoms with Crippen LogP contribution < -0.4 is 14.5 Å². The average molecular weight is 366 g/mol. The summed E-state index contributed by atoms with van der Waals surface area (Å²) in [6.07, 6.45) is 6.49. The second-order valence-electron chi connectivity index (χ2n) is 7.96. The summed E-state index contributed by atoms with van der Waals surface area (Å²) >= 11 is 0. The fraction of sp³-hybridized carbons (Fsp3) is 0.600. The number of ether oxygens (including phenoxy) is 1. The lowest BCUT2D eigenvalue weighted by atomic mass is 9.92. The molecule has 0 radical (unpaired) electrons. The number of aryl methyl sites for hydroxylation is 1. The van der Waals surface area contributed by atoms with E-state index in [0.29, 0.717) is 17.8 Å². The van der Waals surface area contributed by atoms with Crippen molar-refractivity contribution >= 4 is 11.6 Å². The van der Waals surface area contributed by atoms with Crippen LogP contribution in [-0.4, -0.2) is 52.7 Å². The molecule has 3 aliphatic rings. The Hall–Kier alpha value is -2.44. The Morgan fingerprint density at radius 1 is 1.00 bits per heavy atom. The van der Waals surface area contributed by atoms with Gasteiger partial charge < -0.3 is 14.5 Å². The smallest absolute Gasteiger partial charge is 0.218 e. The zero-order valence-electron chi connectivity index (χ0n) is 16.0. The van der Waals surface area contributed by atoms with E-state index in [-0.39, 0.29) is 0 Å². The molecule has 1 aliphatic carbocycles. The maximum absolute atomic E-state index is 5.27. The van der Waals surface area contributed by atoms with Crippen LogP contribution in [0.2, 0.25) is 0 Å².